The fraction of sp³-hybridized carbons (Fsp3) is 0.500. The summed E-state index contributed by atoms with van der Waals surface area (Å²) in [5.74, 6) is -0.0354. The summed E-state index contributed by atoms with van der Waals surface area (Å²) in [5.41, 5.74) is 3.85. The lowest BCUT2D eigenvalue weighted by atomic mass is 9.94. The van der Waals surface area contributed by atoms with Gasteiger partial charge in [0.1, 0.15) is 0 Å². The highest BCUT2D eigenvalue weighted by Crippen LogP contribution is 2.21. The molecule has 1 saturated heterocycles. The minimum absolute atomic E-state index is 0.0281. The fourth-order valence-electron chi connectivity index (χ4n) is 3.45. The Morgan fingerprint density at radius 1 is 1.30 bits per heavy atom. The van der Waals surface area contributed by atoms with Gasteiger partial charge in [0.25, 0.3) is 0 Å². The van der Waals surface area contributed by atoms with Crippen molar-refractivity contribution in [2.75, 3.05) is 19.7 Å². The van der Waals surface area contributed by atoms with E-state index in [1.165, 1.54) is 0 Å². The van der Waals surface area contributed by atoms with Crippen molar-refractivity contribution in [2.45, 2.75) is 32.9 Å². The highest BCUT2D eigenvalue weighted by Gasteiger charge is 2.27. The molecule has 1 aliphatic rings. The molecule has 2 atom stereocenters. The number of piperidine rings is 1. The number of nitrogens with one attached hydrogen (secondary N) is 1. The minimum atomic E-state index is -0.509. The van der Waals surface area contributed by atoms with Crippen molar-refractivity contribution >= 4 is 10.9 Å². The first-order valence-electron chi connectivity index (χ1n) is 8.13. The van der Waals surface area contributed by atoms with Crippen LogP contribution in [0.5, 0.6) is 0 Å². The molecule has 1 aliphatic heterocycles. The predicted octanol–water partition coefficient (Wildman–Crippen LogP) is 1.32. The second-order valence-electron chi connectivity index (χ2n) is 6.64. The van der Waals surface area contributed by atoms with Crippen LogP contribution >= 0.6 is 0 Å². The van der Waals surface area contributed by atoms with Gasteiger partial charge in [-0.05, 0) is 37.9 Å². The standard InChI is InChI=1S/C18H24N2O3/c1-11-3-4-12(2)18-17(11)15(22)7-14(19-18)8-20-6-5-13(10-21)16(23)9-20/h3-4,7,13,16,21,23H,5-6,8-10H2,1-2H3,(H,19,22)/t13-,16-/m1/s1. The van der Waals surface area contributed by atoms with Gasteiger partial charge in [0.05, 0.1) is 11.6 Å². The molecule has 2 heterocycles. The molecule has 5 nitrogen and oxygen atoms in total. The second kappa shape index (κ2) is 6.43. The van der Waals surface area contributed by atoms with E-state index in [1.807, 2.05) is 26.0 Å². The number of nitrogens with zero attached hydrogens (tertiary/aromatic N) is 1. The van der Waals surface area contributed by atoms with E-state index in [0.29, 0.717) is 13.1 Å². The average Bonchev–Trinajstić information content (AvgIpc) is 2.51. The van der Waals surface area contributed by atoms with Gasteiger partial charge in [-0.15, -0.1) is 0 Å². The predicted molar refractivity (Wildman–Crippen MR) is 90.5 cm³/mol. The molecule has 3 rings (SSSR count). The SMILES string of the molecule is Cc1ccc(C)c2c(=O)cc(CN3CC[C@H](CO)[C@H](O)C3)[nH]c12. The molecule has 2 aromatic rings. The zero-order valence-electron chi connectivity index (χ0n) is 13.7. The molecular weight excluding hydrogens is 292 g/mol. The molecule has 0 spiro atoms. The van der Waals surface area contributed by atoms with Gasteiger partial charge in [-0.3, -0.25) is 9.69 Å². The molecule has 3 N–H and O–H groups in total. The highest BCUT2D eigenvalue weighted by atomic mass is 16.3. The van der Waals surface area contributed by atoms with Gasteiger partial charge < -0.3 is 15.2 Å². The molecule has 124 valence electrons. The number of aliphatic hydroxyl groups excluding tert-OH is 2. The van der Waals surface area contributed by atoms with Crippen LogP contribution in [0.25, 0.3) is 10.9 Å². The van der Waals surface area contributed by atoms with Crippen molar-refractivity contribution in [3.8, 4) is 0 Å². The number of H-pyrrole nitrogens is 1. The summed E-state index contributed by atoms with van der Waals surface area (Å²) in [5, 5.41) is 20.0. The van der Waals surface area contributed by atoms with Crippen molar-refractivity contribution in [3.05, 3.63) is 45.2 Å². The number of aliphatic hydroxyl groups is 2. The zero-order chi connectivity index (χ0) is 16.6. The Bertz CT molecular complexity index is 769. The van der Waals surface area contributed by atoms with Gasteiger partial charge in [-0.1, -0.05) is 12.1 Å². The van der Waals surface area contributed by atoms with E-state index in [2.05, 4.69) is 9.88 Å². The third-order valence-electron chi connectivity index (χ3n) is 4.89. The van der Waals surface area contributed by atoms with Crippen LogP contribution in [0.1, 0.15) is 23.2 Å². The van der Waals surface area contributed by atoms with E-state index >= 15 is 0 Å². The van der Waals surface area contributed by atoms with Crippen LogP contribution < -0.4 is 5.43 Å². The van der Waals surface area contributed by atoms with Gasteiger partial charge >= 0.3 is 0 Å². The minimum Gasteiger partial charge on any atom is -0.396 e. The molecule has 1 aromatic carbocycles. The number of fused-ring (bicyclic) bond motifs is 1. The Hall–Kier alpha value is -1.69. The smallest absolute Gasteiger partial charge is 0.189 e. The number of rotatable bonds is 3. The van der Waals surface area contributed by atoms with Gasteiger partial charge in [0.15, 0.2) is 5.43 Å². The van der Waals surface area contributed by atoms with Crippen LogP contribution in [-0.4, -0.2) is 45.9 Å². The third kappa shape index (κ3) is 3.17. The molecular formula is C18H24N2O3. The van der Waals surface area contributed by atoms with Gasteiger partial charge in [0, 0.05) is 42.8 Å². The van der Waals surface area contributed by atoms with Crippen LogP contribution in [0.3, 0.4) is 0 Å². The van der Waals surface area contributed by atoms with E-state index in [0.717, 1.165) is 40.7 Å². The summed E-state index contributed by atoms with van der Waals surface area (Å²) in [4.78, 5) is 18.0. The average molecular weight is 316 g/mol. The first-order chi connectivity index (χ1) is 11.0. The summed E-state index contributed by atoms with van der Waals surface area (Å²) in [6.07, 6.45) is 0.262. The number of likely N-dealkylation sites (tertiary alicyclic amines) is 1. The summed E-state index contributed by atoms with van der Waals surface area (Å²) in [7, 11) is 0. The Morgan fingerprint density at radius 2 is 2.04 bits per heavy atom. The molecule has 0 radical (unpaired) electrons. The fourth-order valence-corrected chi connectivity index (χ4v) is 3.45. The topological polar surface area (TPSA) is 76.6 Å². The van der Waals surface area contributed by atoms with Crippen molar-refractivity contribution in [3.63, 3.8) is 0 Å². The lowest BCUT2D eigenvalue weighted by molar-refractivity contribution is -0.00476. The van der Waals surface area contributed by atoms with Crippen LogP contribution in [0, 0.1) is 19.8 Å². The number of aromatic amines is 1. The largest absolute Gasteiger partial charge is 0.396 e. The van der Waals surface area contributed by atoms with Crippen molar-refractivity contribution < 1.29 is 10.2 Å². The molecule has 5 heteroatoms. The number of benzene rings is 1. The summed E-state index contributed by atoms with van der Waals surface area (Å²) >= 11 is 0. The zero-order valence-corrected chi connectivity index (χ0v) is 13.7. The number of β-amino-alcohol motifs (C(OH)–C–C–N with tert-alkyl or cyclic N) is 1. The lowest BCUT2D eigenvalue weighted by Gasteiger charge is -2.35. The molecule has 1 fully saturated rings. The molecule has 23 heavy (non-hydrogen) atoms. The first kappa shape index (κ1) is 16.2. The number of aryl methyl sites for hydroxylation is 2. The van der Waals surface area contributed by atoms with Gasteiger partial charge in [-0.25, -0.2) is 0 Å². The van der Waals surface area contributed by atoms with Crippen LogP contribution in [-0.2, 0) is 6.54 Å². The maximum atomic E-state index is 12.5. The maximum Gasteiger partial charge on any atom is 0.189 e. The number of hydrogen-bond donors (Lipinski definition) is 3. The highest BCUT2D eigenvalue weighted by molar-refractivity contribution is 5.84. The van der Waals surface area contributed by atoms with E-state index in [-0.39, 0.29) is 18.0 Å². The lowest BCUT2D eigenvalue weighted by Crippen LogP contribution is -2.44. The normalized spacial score (nSPS) is 22.6. The molecule has 0 saturated carbocycles. The summed E-state index contributed by atoms with van der Waals surface area (Å²) in [6.45, 7) is 5.92. The van der Waals surface area contributed by atoms with Crippen molar-refractivity contribution in [1.29, 1.82) is 0 Å². The van der Waals surface area contributed by atoms with Crippen LogP contribution in [0.2, 0.25) is 0 Å². The number of aromatic nitrogens is 1. The molecule has 0 aliphatic carbocycles. The Balaban J connectivity index is 1.87. The Morgan fingerprint density at radius 3 is 2.74 bits per heavy atom. The van der Waals surface area contributed by atoms with E-state index in [1.54, 1.807) is 6.07 Å². The quantitative estimate of drug-likeness (QED) is 0.798. The summed E-state index contributed by atoms with van der Waals surface area (Å²) in [6, 6.07) is 5.66. The summed E-state index contributed by atoms with van der Waals surface area (Å²) < 4.78 is 0. The second-order valence-corrected chi connectivity index (χ2v) is 6.64. The first-order valence-corrected chi connectivity index (χ1v) is 8.13. The van der Waals surface area contributed by atoms with Crippen molar-refractivity contribution in [2.24, 2.45) is 5.92 Å². The van der Waals surface area contributed by atoms with Gasteiger partial charge in [-0.2, -0.15) is 0 Å². The Kier molecular flexibility index (Phi) is 4.53. The molecule has 0 bridgehead atoms. The van der Waals surface area contributed by atoms with Crippen LogP contribution in [0.4, 0.5) is 0 Å². The van der Waals surface area contributed by atoms with E-state index in [9.17, 15) is 15.0 Å². The molecule has 0 amide bonds. The molecule has 0 unspecified atom stereocenters. The third-order valence-corrected chi connectivity index (χ3v) is 4.89. The maximum absolute atomic E-state index is 12.5. The molecule has 1 aromatic heterocycles. The van der Waals surface area contributed by atoms with Crippen molar-refractivity contribution in [1.82, 2.24) is 9.88 Å². The monoisotopic (exact) mass is 316 g/mol. The Labute approximate surface area is 135 Å². The van der Waals surface area contributed by atoms with Gasteiger partial charge in [0.2, 0.25) is 0 Å². The number of pyridine rings is 1. The van der Waals surface area contributed by atoms with E-state index in [4.69, 9.17) is 0 Å². The van der Waals surface area contributed by atoms with E-state index < -0.39 is 6.10 Å². The number of hydrogen-bond acceptors (Lipinski definition) is 4. The van der Waals surface area contributed by atoms with Crippen LogP contribution in [0.15, 0.2) is 23.0 Å².